The number of hydrogen-bond acceptors (Lipinski definition) is 2. The van der Waals surface area contributed by atoms with Gasteiger partial charge < -0.3 is 9.64 Å². The Labute approximate surface area is 264 Å². The molecule has 4 aromatic rings. The van der Waals surface area contributed by atoms with Gasteiger partial charge in [-0.15, -0.1) is 0 Å². The van der Waals surface area contributed by atoms with E-state index in [4.69, 9.17) is 74.3 Å². The molecular weight excluding hydrogens is 629 g/mol. The molecule has 1 aliphatic rings. The molecule has 2 atom stereocenters. The van der Waals surface area contributed by atoms with Crippen LogP contribution in [0.5, 0.6) is 0 Å². The minimum Gasteiger partial charge on any atom is -0.367 e. The van der Waals surface area contributed by atoms with Crippen LogP contribution in [-0.4, -0.2) is 18.1 Å². The predicted molar refractivity (Wildman–Crippen MR) is 167 cm³/mol. The van der Waals surface area contributed by atoms with Gasteiger partial charge in [-0.1, -0.05) is 106 Å². The van der Waals surface area contributed by atoms with E-state index in [9.17, 15) is 0 Å². The molecule has 206 valence electrons. The highest BCUT2D eigenvalue weighted by atomic mass is 35.5. The molecule has 3 nitrogen and oxygen atoms in total. The molecule has 0 bridgehead atoms. The van der Waals surface area contributed by atoms with E-state index in [1.54, 1.807) is 18.2 Å². The lowest BCUT2D eigenvalue weighted by Crippen LogP contribution is -3.07. The molecule has 0 saturated heterocycles. The van der Waals surface area contributed by atoms with E-state index in [-0.39, 0.29) is 12.1 Å². The summed E-state index contributed by atoms with van der Waals surface area (Å²) in [4.78, 5) is 3.47. The molecule has 1 heterocycles. The van der Waals surface area contributed by atoms with Crippen LogP contribution < -0.4 is 4.90 Å². The van der Waals surface area contributed by atoms with Crippen LogP contribution in [0.15, 0.2) is 97.3 Å². The lowest BCUT2D eigenvalue weighted by atomic mass is 9.97. The van der Waals surface area contributed by atoms with Gasteiger partial charge in [0.15, 0.2) is 6.67 Å². The number of nitrogens with one attached hydrogen (secondary N) is 1. The summed E-state index contributed by atoms with van der Waals surface area (Å²) in [6, 6.07) is 26.9. The largest absolute Gasteiger partial charge is 0.367 e. The lowest BCUT2D eigenvalue weighted by molar-refractivity contribution is -0.876. The summed E-state index contributed by atoms with van der Waals surface area (Å²) in [6.07, 6.45) is 3.93. The summed E-state index contributed by atoms with van der Waals surface area (Å²) < 4.78 is 6.44. The first kappa shape index (κ1) is 29.6. The highest BCUT2D eigenvalue weighted by Gasteiger charge is 2.31. The molecule has 0 saturated carbocycles. The zero-order valence-corrected chi connectivity index (χ0v) is 25.7. The van der Waals surface area contributed by atoms with Crippen molar-refractivity contribution in [3.05, 3.63) is 150 Å². The molecule has 1 aliphatic heterocycles. The normalized spacial score (nSPS) is 15.7. The van der Waals surface area contributed by atoms with Gasteiger partial charge in [-0.3, -0.25) is 4.90 Å². The van der Waals surface area contributed by atoms with Crippen LogP contribution in [0.25, 0.3) is 0 Å². The Morgan fingerprint density at radius 3 is 1.80 bits per heavy atom. The smallest absolute Gasteiger partial charge is 0.157 e. The SMILES string of the molecule is Clc1ccc(C(c2ccc(Cl)cc2)[NH+]2C=CN(CC(OCc3ccc(Cl)cc3Cl)c3ccc(Cl)cc3Cl)C2)cc1. The van der Waals surface area contributed by atoms with Gasteiger partial charge in [-0.05, 0) is 54.1 Å². The molecule has 0 aliphatic carbocycles. The van der Waals surface area contributed by atoms with Crippen LogP contribution in [0.4, 0.5) is 0 Å². The van der Waals surface area contributed by atoms with E-state index < -0.39 is 0 Å². The fraction of sp³-hybridized carbons (Fsp3) is 0.161. The van der Waals surface area contributed by atoms with Crippen LogP contribution in [0.1, 0.15) is 34.4 Å². The van der Waals surface area contributed by atoms with E-state index in [1.807, 2.05) is 42.5 Å². The lowest BCUT2D eigenvalue weighted by Gasteiger charge is -2.28. The Balaban J connectivity index is 1.38. The highest BCUT2D eigenvalue weighted by molar-refractivity contribution is 6.35. The zero-order chi connectivity index (χ0) is 28.2. The summed E-state index contributed by atoms with van der Waals surface area (Å²) in [5.41, 5.74) is 4.00. The van der Waals surface area contributed by atoms with E-state index in [0.29, 0.717) is 50.0 Å². The Kier molecular flexibility index (Phi) is 9.89. The zero-order valence-electron chi connectivity index (χ0n) is 21.1. The first-order valence-electron chi connectivity index (χ1n) is 12.6. The first-order chi connectivity index (χ1) is 19.3. The second-order valence-corrected chi connectivity index (χ2v) is 12.1. The molecular formula is C31H25Cl6N2O+. The second-order valence-electron chi connectivity index (χ2n) is 9.56. The van der Waals surface area contributed by atoms with Gasteiger partial charge in [0.05, 0.1) is 19.4 Å². The monoisotopic (exact) mass is 651 g/mol. The summed E-state index contributed by atoms with van der Waals surface area (Å²) in [5, 5.41) is 3.65. The number of nitrogens with zero attached hydrogens (tertiary/aromatic N) is 1. The third-order valence-electron chi connectivity index (χ3n) is 6.83. The van der Waals surface area contributed by atoms with Crippen molar-refractivity contribution in [3.8, 4) is 0 Å². The van der Waals surface area contributed by atoms with Crippen molar-refractivity contribution in [1.82, 2.24) is 4.90 Å². The van der Waals surface area contributed by atoms with Gasteiger partial charge in [-0.25, -0.2) is 0 Å². The van der Waals surface area contributed by atoms with Crippen LogP contribution in [0.2, 0.25) is 30.1 Å². The Morgan fingerprint density at radius 2 is 1.23 bits per heavy atom. The van der Waals surface area contributed by atoms with E-state index in [1.165, 1.54) is 4.90 Å². The van der Waals surface area contributed by atoms with Gasteiger partial charge in [0.2, 0.25) is 0 Å². The van der Waals surface area contributed by atoms with Crippen molar-refractivity contribution >= 4 is 69.6 Å². The average molecular weight is 654 g/mol. The van der Waals surface area contributed by atoms with Crippen LogP contribution in [-0.2, 0) is 11.3 Å². The molecule has 0 fully saturated rings. The summed E-state index contributed by atoms with van der Waals surface area (Å²) >= 11 is 37.7. The van der Waals surface area contributed by atoms with Gasteiger partial charge in [0.25, 0.3) is 0 Å². The quantitative estimate of drug-likeness (QED) is 0.194. The first-order valence-corrected chi connectivity index (χ1v) is 14.8. The molecule has 1 N–H and O–H groups in total. The van der Waals surface area contributed by atoms with E-state index >= 15 is 0 Å². The second kappa shape index (κ2) is 13.4. The predicted octanol–water partition coefficient (Wildman–Crippen LogP) is 9.28. The Hall–Kier alpha value is -1.92. The number of hydrogen-bond donors (Lipinski definition) is 1. The minimum absolute atomic E-state index is 0.0437. The number of benzene rings is 4. The number of ether oxygens (including phenoxy) is 1. The summed E-state index contributed by atoms with van der Waals surface area (Å²) in [6.45, 7) is 1.58. The van der Waals surface area contributed by atoms with Crippen molar-refractivity contribution < 1.29 is 9.64 Å². The van der Waals surface area contributed by atoms with Gasteiger partial charge in [-0.2, -0.15) is 0 Å². The maximum absolute atomic E-state index is 6.64. The van der Waals surface area contributed by atoms with Crippen molar-refractivity contribution in [2.45, 2.75) is 18.8 Å². The maximum Gasteiger partial charge on any atom is 0.157 e. The van der Waals surface area contributed by atoms with Crippen LogP contribution >= 0.6 is 69.6 Å². The van der Waals surface area contributed by atoms with E-state index in [0.717, 1.165) is 22.3 Å². The maximum atomic E-state index is 6.64. The standard InChI is InChI=1S/C31H24Cl6N2O/c32-23-6-1-20(2-7-23)31(21-3-8-24(33)9-4-21)39-14-13-38(19-39)17-30(27-12-11-26(35)16-29(27)37)40-18-22-5-10-25(34)15-28(22)36/h1-16,30-31H,17-19H2/p+1. The highest BCUT2D eigenvalue weighted by Crippen LogP contribution is 2.32. The third kappa shape index (κ3) is 7.28. The van der Waals surface area contributed by atoms with E-state index in [2.05, 4.69) is 41.6 Å². The molecule has 4 aromatic carbocycles. The molecule has 0 aromatic heterocycles. The Bertz CT molecular complexity index is 1450. The molecule has 0 amide bonds. The number of rotatable bonds is 9. The summed E-state index contributed by atoms with van der Waals surface area (Å²) in [5.74, 6) is 0. The van der Waals surface area contributed by atoms with Crippen LogP contribution in [0.3, 0.4) is 0 Å². The van der Waals surface area contributed by atoms with Crippen molar-refractivity contribution in [3.63, 3.8) is 0 Å². The van der Waals surface area contributed by atoms with Crippen molar-refractivity contribution in [2.75, 3.05) is 13.2 Å². The van der Waals surface area contributed by atoms with Gasteiger partial charge in [0, 0.05) is 46.8 Å². The van der Waals surface area contributed by atoms with Crippen molar-refractivity contribution in [1.29, 1.82) is 0 Å². The molecule has 2 unspecified atom stereocenters. The molecule has 0 radical (unpaired) electrons. The molecule has 9 heteroatoms. The third-order valence-corrected chi connectivity index (χ3v) is 8.48. The minimum atomic E-state index is -0.343. The Morgan fingerprint density at radius 1 is 0.675 bits per heavy atom. The molecule has 40 heavy (non-hydrogen) atoms. The number of halogens is 6. The fourth-order valence-electron chi connectivity index (χ4n) is 4.83. The molecule has 5 rings (SSSR count). The fourth-order valence-corrected chi connectivity index (χ4v) is 6.08. The molecule has 0 spiro atoms. The number of quaternary nitrogens is 1. The van der Waals surface area contributed by atoms with Gasteiger partial charge in [0.1, 0.15) is 18.3 Å². The van der Waals surface area contributed by atoms with Crippen molar-refractivity contribution in [2.24, 2.45) is 0 Å². The summed E-state index contributed by atoms with van der Waals surface area (Å²) in [7, 11) is 0. The average Bonchev–Trinajstić information content (AvgIpc) is 3.38. The van der Waals surface area contributed by atoms with Gasteiger partial charge >= 0.3 is 0 Å². The van der Waals surface area contributed by atoms with Crippen LogP contribution in [0, 0.1) is 0 Å². The topological polar surface area (TPSA) is 16.9 Å².